The first-order chi connectivity index (χ1) is 8.74. The molecule has 0 unspecified atom stereocenters. The van der Waals surface area contributed by atoms with Crippen LogP contribution in [0.15, 0.2) is 30.6 Å². The molecular weight excluding hydrogens is 233 g/mol. The molecule has 2 aromatic rings. The Balaban J connectivity index is 1.80. The van der Waals surface area contributed by atoms with Gasteiger partial charge in [0.1, 0.15) is 5.82 Å². The second-order valence-corrected chi connectivity index (χ2v) is 4.31. The first-order valence-corrected chi connectivity index (χ1v) is 5.80. The van der Waals surface area contributed by atoms with Crippen molar-refractivity contribution in [1.29, 1.82) is 0 Å². The normalized spacial score (nSPS) is 14.4. The molecule has 1 aliphatic rings. The van der Waals surface area contributed by atoms with Crippen LogP contribution in [0.1, 0.15) is 21.7 Å². The van der Waals surface area contributed by atoms with E-state index in [1.54, 1.807) is 11.2 Å². The Morgan fingerprint density at radius 1 is 1.33 bits per heavy atom. The van der Waals surface area contributed by atoms with Crippen molar-refractivity contribution in [2.45, 2.75) is 13.0 Å². The molecule has 0 spiro atoms. The molecule has 0 saturated carbocycles. The fourth-order valence-corrected chi connectivity index (χ4v) is 2.16. The van der Waals surface area contributed by atoms with Crippen LogP contribution in [0.25, 0.3) is 0 Å². The number of imidazole rings is 1. The van der Waals surface area contributed by atoms with Crippen LogP contribution in [-0.4, -0.2) is 27.3 Å². The molecule has 1 amide bonds. The quantitative estimate of drug-likeness (QED) is 0.832. The van der Waals surface area contributed by atoms with Crippen molar-refractivity contribution in [3.8, 4) is 0 Å². The lowest BCUT2D eigenvalue weighted by molar-refractivity contribution is 0.0732. The van der Waals surface area contributed by atoms with E-state index in [4.69, 9.17) is 0 Å². The van der Waals surface area contributed by atoms with Crippen molar-refractivity contribution >= 4 is 5.91 Å². The smallest absolute Gasteiger partial charge is 0.254 e. The molecule has 1 N–H and O–H groups in total. The van der Waals surface area contributed by atoms with Gasteiger partial charge in [0.15, 0.2) is 0 Å². The summed E-state index contributed by atoms with van der Waals surface area (Å²) in [5.74, 6) is -0.406. The average Bonchev–Trinajstić information content (AvgIpc) is 2.86. The summed E-state index contributed by atoms with van der Waals surface area (Å²) < 4.78 is 12.8. The van der Waals surface area contributed by atoms with Gasteiger partial charge in [-0.25, -0.2) is 9.37 Å². The Bertz CT molecular complexity index is 576. The SMILES string of the molecule is O=C(c1ccc(F)cc1)N1CCc2nc[nH]c2C1. The number of nitrogens with one attached hydrogen (secondary N) is 1. The van der Waals surface area contributed by atoms with E-state index in [0.29, 0.717) is 18.7 Å². The Kier molecular flexibility index (Phi) is 2.59. The summed E-state index contributed by atoms with van der Waals surface area (Å²) in [6.07, 6.45) is 2.41. The molecule has 2 heterocycles. The topological polar surface area (TPSA) is 49.0 Å². The Morgan fingerprint density at radius 3 is 2.89 bits per heavy atom. The van der Waals surface area contributed by atoms with Gasteiger partial charge in [0.05, 0.1) is 24.3 Å². The van der Waals surface area contributed by atoms with Gasteiger partial charge >= 0.3 is 0 Å². The number of benzene rings is 1. The lowest BCUT2D eigenvalue weighted by atomic mass is 10.1. The van der Waals surface area contributed by atoms with Crippen LogP contribution in [0.4, 0.5) is 4.39 Å². The van der Waals surface area contributed by atoms with Crippen LogP contribution >= 0.6 is 0 Å². The highest BCUT2D eigenvalue weighted by atomic mass is 19.1. The Labute approximate surface area is 103 Å². The summed E-state index contributed by atoms with van der Waals surface area (Å²) in [4.78, 5) is 21.2. The zero-order valence-corrected chi connectivity index (χ0v) is 9.69. The zero-order chi connectivity index (χ0) is 12.5. The minimum Gasteiger partial charge on any atom is -0.347 e. The van der Waals surface area contributed by atoms with E-state index in [1.165, 1.54) is 24.3 Å². The van der Waals surface area contributed by atoms with Crippen molar-refractivity contribution in [3.63, 3.8) is 0 Å². The fraction of sp³-hybridized carbons (Fsp3) is 0.231. The molecule has 1 aliphatic heterocycles. The highest BCUT2D eigenvalue weighted by Gasteiger charge is 2.23. The number of nitrogens with zero attached hydrogens (tertiary/aromatic N) is 2. The molecule has 0 aliphatic carbocycles. The van der Waals surface area contributed by atoms with Crippen LogP contribution in [0.3, 0.4) is 0 Å². The molecule has 92 valence electrons. The van der Waals surface area contributed by atoms with Gasteiger partial charge < -0.3 is 9.88 Å². The number of rotatable bonds is 1. The number of H-pyrrole nitrogens is 1. The van der Waals surface area contributed by atoms with Crippen molar-refractivity contribution in [2.75, 3.05) is 6.54 Å². The number of amides is 1. The third kappa shape index (κ3) is 1.88. The molecule has 0 atom stereocenters. The Hall–Kier alpha value is -2.17. The minimum absolute atomic E-state index is 0.0738. The van der Waals surface area contributed by atoms with Crippen molar-refractivity contribution in [3.05, 3.63) is 53.4 Å². The number of carbonyl (C=O) groups excluding carboxylic acids is 1. The van der Waals surface area contributed by atoms with Gasteiger partial charge in [-0.3, -0.25) is 4.79 Å². The average molecular weight is 245 g/mol. The summed E-state index contributed by atoms with van der Waals surface area (Å²) >= 11 is 0. The van der Waals surface area contributed by atoms with E-state index in [1.807, 2.05) is 0 Å². The van der Waals surface area contributed by atoms with E-state index >= 15 is 0 Å². The third-order valence-electron chi connectivity index (χ3n) is 3.15. The number of halogens is 1. The van der Waals surface area contributed by atoms with Crippen LogP contribution in [0.5, 0.6) is 0 Å². The minimum atomic E-state index is -0.332. The summed E-state index contributed by atoms with van der Waals surface area (Å²) in [5.41, 5.74) is 2.52. The fourth-order valence-electron chi connectivity index (χ4n) is 2.16. The monoisotopic (exact) mass is 245 g/mol. The predicted octanol–water partition coefficient (Wildman–Crippen LogP) is 1.75. The summed E-state index contributed by atoms with van der Waals surface area (Å²) in [6, 6.07) is 5.64. The summed E-state index contributed by atoms with van der Waals surface area (Å²) in [7, 11) is 0. The molecule has 5 heteroatoms. The third-order valence-corrected chi connectivity index (χ3v) is 3.15. The number of carbonyl (C=O) groups is 1. The molecule has 1 aromatic heterocycles. The number of hydrogen-bond donors (Lipinski definition) is 1. The highest BCUT2D eigenvalue weighted by molar-refractivity contribution is 5.94. The molecule has 1 aromatic carbocycles. The van der Waals surface area contributed by atoms with Gasteiger partial charge in [-0.2, -0.15) is 0 Å². The van der Waals surface area contributed by atoms with Gasteiger partial charge in [0, 0.05) is 18.5 Å². The lowest BCUT2D eigenvalue weighted by Crippen LogP contribution is -2.36. The molecule has 0 fully saturated rings. The van der Waals surface area contributed by atoms with Gasteiger partial charge in [-0.05, 0) is 24.3 Å². The van der Waals surface area contributed by atoms with Gasteiger partial charge in [0.25, 0.3) is 5.91 Å². The second-order valence-electron chi connectivity index (χ2n) is 4.31. The Morgan fingerprint density at radius 2 is 2.11 bits per heavy atom. The van der Waals surface area contributed by atoms with Gasteiger partial charge in [-0.15, -0.1) is 0 Å². The van der Waals surface area contributed by atoms with Crippen LogP contribution < -0.4 is 0 Å². The van der Waals surface area contributed by atoms with Gasteiger partial charge in [0.2, 0.25) is 0 Å². The maximum Gasteiger partial charge on any atom is 0.254 e. The molecule has 3 rings (SSSR count). The molecule has 0 bridgehead atoms. The molecule has 0 radical (unpaired) electrons. The van der Waals surface area contributed by atoms with E-state index in [-0.39, 0.29) is 11.7 Å². The predicted molar refractivity (Wildman–Crippen MR) is 63.4 cm³/mol. The van der Waals surface area contributed by atoms with Crippen molar-refractivity contribution in [2.24, 2.45) is 0 Å². The van der Waals surface area contributed by atoms with Crippen LogP contribution in [0, 0.1) is 5.82 Å². The summed E-state index contributed by atoms with van der Waals surface area (Å²) in [5, 5.41) is 0. The molecule has 4 nitrogen and oxygen atoms in total. The first-order valence-electron chi connectivity index (χ1n) is 5.80. The number of aromatic amines is 1. The summed E-state index contributed by atoms with van der Waals surface area (Å²) in [6.45, 7) is 1.18. The van der Waals surface area contributed by atoms with E-state index in [0.717, 1.165) is 17.8 Å². The van der Waals surface area contributed by atoms with Crippen LogP contribution in [-0.2, 0) is 13.0 Å². The molecular formula is C13H12FN3O. The second kappa shape index (κ2) is 4.25. The molecule has 0 saturated heterocycles. The molecule has 18 heavy (non-hydrogen) atoms. The maximum atomic E-state index is 12.8. The zero-order valence-electron chi connectivity index (χ0n) is 9.69. The number of aromatic nitrogens is 2. The lowest BCUT2D eigenvalue weighted by Gasteiger charge is -2.26. The van der Waals surface area contributed by atoms with Crippen molar-refractivity contribution in [1.82, 2.24) is 14.9 Å². The largest absolute Gasteiger partial charge is 0.347 e. The first kappa shape index (κ1) is 11.0. The highest BCUT2D eigenvalue weighted by Crippen LogP contribution is 2.17. The standard InChI is InChI=1S/C13H12FN3O/c14-10-3-1-9(2-4-10)13(18)17-6-5-11-12(7-17)16-8-15-11/h1-4,8H,5-7H2,(H,15,16). The number of fused-ring (bicyclic) bond motifs is 1. The van der Waals surface area contributed by atoms with E-state index in [9.17, 15) is 9.18 Å². The van der Waals surface area contributed by atoms with Crippen LogP contribution in [0.2, 0.25) is 0 Å². The van der Waals surface area contributed by atoms with E-state index in [2.05, 4.69) is 9.97 Å². The maximum absolute atomic E-state index is 12.8. The van der Waals surface area contributed by atoms with Gasteiger partial charge in [-0.1, -0.05) is 0 Å². The number of hydrogen-bond acceptors (Lipinski definition) is 2. The van der Waals surface area contributed by atoms with E-state index < -0.39 is 0 Å². The van der Waals surface area contributed by atoms with Crippen molar-refractivity contribution < 1.29 is 9.18 Å².